The predicted molar refractivity (Wildman–Crippen MR) is 81.2 cm³/mol. The van der Waals surface area contributed by atoms with Crippen LogP contribution in [0.2, 0.25) is 0 Å². The molecule has 122 valence electrons. The van der Waals surface area contributed by atoms with Gasteiger partial charge in [-0.2, -0.15) is 10.5 Å². The Morgan fingerprint density at radius 3 is 2.62 bits per heavy atom. The van der Waals surface area contributed by atoms with Crippen LogP contribution in [-0.4, -0.2) is 5.21 Å². The van der Waals surface area contributed by atoms with Crippen LogP contribution in [0.1, 0.15) is 22.8 Å². The van der Waals surface area contributed by atoms with E-state index in [1.807, 2.05) is 6.07 Å². The van der Waals surface area contributed by atoms with Crippen LogP contribution in [0, 0.1) is 23.5 Å². The summed E-state index contributed by atoms with van der Waals surface area (Å²) in [5.41, 5.74) is 6.06. The number of nitriles is 1. The van der Waals surface area contributed by atoms with Gasteiger partial charge in [0.05, 0.1) is 11.5 Å². The van der Waals surface area contributed by atoms with Gasteiger partial charge < -0.3 is 20.1 Å². The number of allylic oxidation sites excluding steroid dienone is 1. The van der Waals surface area contributed by atoms with E-state index in [1.54, 1.807) is 6.92 Å². The van der Waals surface area contributed by atoms with Gasteiger partial charge in [-0.3, -0.25) is 0 Å². The molecule has 24 heavy (non-hydrogen) atoms. The molecule has 2 atom stereocenters. The largest absolute Gasteiger partial charge is 0.595 e. The first-order valence-corrected chi connectivity index (χ1v) is 6.98. The normalized spacial score (nSPS) is 17.7. The van der Waals surface area contributed by atoms with E-state index < -0.39 is 16.8 Å². The molecular formula is C16H13N3O5. The van der Waals surface area contributed by atoms with Crippen LogP contribution in [-0.2, 0) is 0 Å². The van der Waals surface area contributed by atoms with Crippen molar-refractivity contribution >= 4 is 5.69 Å². The molecule has 2 heterocycles. The van der Waals surface area contributed by atoms with Crippen LogP contribution in [0.15, 0.2) is 51.0 Å². The molecule has 1 aromatic heterocycles. The number of hydrogen-bond acceptors (Lipinski definition) is 7. The number of quaternary nitrogens is 1. The van der Waals surface area contributed by atoms with Crippen LogP contribution in [0.5, 0.6) is 5.75 Å². The van der Waals surface area contributed by atoms with E-state index in [9.17, 15) is 15.3 Å². The van der Waals surface area contributed by atoms with Crippen molar-refractivity contribution in [2.75, 3.05) is 0 Å². The number of rotatable bonds is 2. The number of fused-ring (bicyclic) bond motifs is 1. The molecule has 1 aliphatic heterocycles. The van der Waals surface area contributed by atoms with Gasteiger partial charge in [0.25, 0.3) is 0 Å². The maximum Gasteiger partial charge on any atom is 0.343 e. The van der Waals surface area contributed by atoms with Crippen molar-refractivity contribution in [3.05, 3.63) is 74.3 Å². The van der Waals surface area contributed by atoms with Crippen LogP contribution < -0.4 is 21.3 Å². The Hall–Kier alpha value is -3.12. The summed E-state index contributed by atoms with van der Waals surface area (Å²) in [4.78, 5) is 12.3. The van der Waals surface area contributed by atoms with Crippen molar-refractivity contribution in [2.45, 2.75) is 12.8 Å². The number of nitrogens with zero attached hydrogens (tertiary/aromatic N) is 1. The standard InChI is InChI=1S/C16H13N3O5/c1-8-6-12-14(16(20)23-8)13(11(7-17)15(18)24-12)9-2-4-10(5-3-9)19(21)22/h2-6,13,19,21H,18H2,1H3/t13-/m1/s1. The second-order valence-corrected chi connectivity index (χ2v) is 5.27. The van der Waals surface area contributed by atoms with E-state index in [0.717, 1.165) is 0 Å². The molecule has 0 spiro atoms. The van der Waals surface area contributed by atoms with Crippen LogP contribution in [0.4, 0.5) is 5.69 Å². The molecule has 1 aromatic carbocycles. The van der Waals surface area contributed by atoms with Crippen molar-refractivity contribution < 1.29 is 19.6 Å². The van der Waals surface area contributed by atoms with Crippen molar-refractivity contribution in [3.63, 3.8) is 0 Å². The molecule has 8 nitrogen and oxygen atoms in total. The van der Waals surface area contributed by atoms with Crippen LogP contribution in [0.25, 0.3) is 0 Å². The summed E-state index contributed by atoms with van der Waals surface area (Å²) in [5, 5.41) is 28.3. The van der Waals surface area contributed by atoms with Crippen molar-refractivity contribution in [3.8, 4) is 11.8 Å². The lowest BCUT2D eigenvalue weighted by atomic mass is 9.84. The van der Waals surface area contributed by atoms with E-state index in [-0.39, 0.29) is 28.5 Å². The highest BCUT2D eigenvalue weighted by molar-refractivity contribution is 5.55. The smallest absolute Gasteiger partial charge is 0.343 e. The number of nitrogens with two attached hydrogens (primary N) is 1. The number of ether oxygens (including phenoxy) is 1. The van der Waals surface area contributed by atoms with Gasteiger partial charge in [0, 0.05) is 18.2 Å². The fourth-order valence-corrected chi connectivity index (χ4v) is 2.67. The van der Waals surface area contributed by atoms with Gasteiger partial charge >= 0.3 is 5.63 Å². The molecule has 2 aromatic rings. The molecule has 0 saturated heterocycles. The van der Waals surface area contributed by atoms with Gasteiger partial charge in [0.15, 0.2) is 5.69 Å². The summed E-state index contributed by atoms with van der Waals surface area (Å²) in [5.74, 6) is -0.291. The molecule has 1 unspecified atom stereocenters. The Bertz CT molecular complexity index is 922. The monoisotopic (exact) mass is 327 g/mol. The minimum Gasteiger partial charge on any atom is -0.595 e. The minimum atomic E-state index is -1.07. The van der Waals surface area contributed by atoms with Crippen LogP contribution >= 0.6 is 0 Å². The quantitative estimate of drug-likeness (QED) is 0.686. The number of hydrogen-bond donors (Lipinski definition) is 3. The van der Waals surface area contributed by atoms with Gasteiger partial charge in [-0.05, 0) is 12.5 Å². The Kier molecular flexibility index (Phi) is 3.83. The summed E-state index contributed by atoms with van der Waals surface area (Å²) >= 11 is 0. The first-order valence-electron chi connectivity index (χ1n) is 6.98. The lowest BCUT2D eigenvalue weighted by Crippen LogP contribution is -2.99. The highest BCUT2D eigenvalue weighted by Crippen LogP contribution is 2.40. The van der Waals surface area contributed by atoms with Gasteiger partial charge in [-0.25, -0.2) is 10.0 Å². The Morgan fingerprint density at radius 1 is 1.38 bits per heavy atom. The second-order valence-electron chi connectivity index (χ2n) is 5.27. The maximum absolute atomic E-state index is 12.3. The highest BCUT2D eigenvalue weighted by Gasteiger charge is 2.34. The summed E-state index contributed by atoms with van der Waals surface area (Å²) in [7, 11) is 0. The molecular weight excluding hydrogens is 314 g/mol. The fourth-order valence-electron chi connectivity index (χ4n) is 2.67. The van der Waals surface area contributed by atoms with E-state index in [1.165, 1.54) is 30.3 Å². The molecule has 4 N–H and O–H groups in total. The highest BCUT2D eigenvalue weighted by atomic mass is 16.8. The SMILES string of the molecule is Cc1cc2c(c(=O)o1)[C@H](c1ccc([NH+]([O-])O)cc1)C(C#N)=C(N)O2. The predicted octanol–water partition coefficient (Wildman–Crippen LogP) is 0.570. The molecule has 0 saturated carbocycles. The van der Waals surface area contributed by atoms with Gasteiger partial charge in [0.1, 0.15) is 23.2 Å². The summed E-state index contributed by atoms with van der Waals surface area (Å²) in [6.45, 7) is 1.60. The zero-order chi connectivity index (χ0) is 17.4. The third-order valence-corrected chi connectivity index (χ3v) is 3.75. The van der Waals surface area contributed by atoms with Gasteiger partial charge in [0.2, 0.25) is 5.88 Å². The Labute approximate surface area is 136 Å². The third kappa shape index (κ3) is 2.53. The fraction of sp³-hybridized carbons (Fsp3) is 0.125. The molecule has 0 radical (unpaired) electrons. The summed E-state index contributed by atoms with van der Waals surface area (Å²) < 4.78 is 10.5. The lowest BCUT2D eigenvalue weighted by molar-refractivity contribution is -0.991. The zero-order valence-corrected chi connectivity index (χ0v) is 12.6. The average molecular weight is 327 g/mol. The number of nitrogens with one attached hydrogen (secondary N) is 1. The molecule has 0 bridgehead atoms. The van der Waals surface area contributed by atoms with Crippen molar-refractivity contribution in [1.29, 1.82) is 5.26 Å². The molecule has 0 amide bonds. The van der Waals surface area contributed by atoms with E-state index in [2.05, 4.69) is 0 Å². The van der Waals surface area contributed by atoms with E-state index in [0.29, 0.717) is 11.3 Å². The number of benzene rings is 1. The molecule has 3 rings (SSSR count). The van der Waals surface area contributed by atoms with Crippen molar-refractivity contribution in [1.82, 2.24) is 0 Å². The van der Waals surface area contributed by atoms with Gasteiger partial charge in [-0.15, -0.1) is 0 Å². The first kappa shape index (κ1) is 15.8. The molecule has 1 aliphatic rings. The van der Waals surface area contributed by atoms with E-state index >= 15 is 0 Å². The molecule has 0 aliphatic carbocycles. The summed E-state index contributed by atoms with van der Waals surface area (Å²) in [6.07, 6.45) is 0. The molecule has 0 fully saturated rings. The first-order chi connectivity index (χ1) is 11.4. The summed E-state index contributed by atoms with van der Waals surface area (Å²) in [6, 6.07) is 9.34. The van der Waals surface area contributed by atoms with Crippen LogP contribution in [0.3, 0.4) is 0 Å². The maximum atomic E-state index is 12.3. The number of aryl methyl sites for hydroxylation is 1. The average Bonchev–Trinajstić information content (AvgIpc) is 2.53. The zero-order valence-electron chi connectivity index (χ0n) is 12.6. The van der Waals surface area contributed by atoms with Gasteiger partial charge in [-0.1, -0.05) is 12.1 Å². The Morgan fingerprint density at radius 2 is 2.04 bits per heavy atom. The topological polar surface area (TPSA) is 137 Å². The Balaban J connectivity index is 2.22. The van der Waals surface area contributed by atoms with Crippen molar-refractivity contribution in [2.24, 2.45) is 5.73 Å². The molecule has 8 heteroatoms. The lowest BCUT2D eigenvalue weighted by Gasteiger charge is -2.25. The third-order valence-electron chi connectivity index (χ3n) is 3.75. The minimum absolute atomic E-state index is 0.0710. The van der Waals surface area contributed by atoms with E-state index in [4.69, 9.17) is 20.1 Å². The second kappa shape index (κ2) is 5.82.